The van der Waals surface area contributed by atoms with E-state index in [0.29, 0.717) is 23.1 Å². The number of nitrogens with zero attached hydrogens (tertiary/aromatic N) is 2. The van der Waals surface area contributed by atoms with E-state index in [4.69, 9.17) is 14.2 Å². The second kappa shape index (κ2) is 7.87. The smallest absolute Gasteiger partial charge is 0.308 e. The van der Waals surface area contributed by atoms with Crippen LogP contribution >= 0.6 is 11.3 Å². The van der Waals surface area contributed by atoms with Crippen LogP contribution < -0.4 is 24.0 Å². The van der Waals surface area contributed by atoms with Crippen LogP contribution in [0.4, 0.5) is 11.5 Å². The predicted octanol–water partition coefficient (Wildman–Crippen LogP) is 3.67. The van der Waals surface area contributed by atoms with Crippen LogP contribution in [0.25, 0.3) is 0 Å². The number of anilines is 2. The van der Waals surface area contributed by atoms with Crippen molar-refractivity contribution in [1.82, 2.24) is 4.57 Å². The van der Waals surface area contributed by atoms with Gasteiger partial charge in [-0.15, -0.1) is 0 Å². The van der Waals surface area contributed by atoms with E-state index in [0.717, 1.165) is 27.5 Å². The van der Waals surface area contributed by atoms with E-state index in [2.05, 4.69) is 0 Å². The minimum atomic E-state index is -0.292. The molecule has 1 atom stereocenters. The summed E-state index contributed by atoms with van der Waals surface area (Å²) in [5.74, 6) is 1.73. The molecule has 0 spiro atoms. The summed E-state index contributed by atoms with van der Waals surface area (Å²) >= 11 is 1.16. The predicted molar refractivity (Wildman–Crippen MR) is 116 cm³/mol. The largest absolute Gasteiger partial charge is 0.493 e. The fourth-order valence-electron chi connectivity index (χ4n) is 3.84. The Morgan fingerprint density at radius 1 is 0.967 bits per heavy atom. The molecule has 1 aromatic heterocycles. The van der Waals surface area contributed by atoms with Gasteiger partial charge in [-0.25, -0.2) is 0 Å². The molecule has 1 aliphatic rings. The SMILES string of the molecule is COc1cc([C@H]2CC(=O)N(c3ccccc3)c3c2sc(=O)n3C)cc(OC)c1OC. The molecule has 0 saturated heterocycles. The summed E-state index contributed by atoms with van der Waals surface area (Å²) in [6.45, 7) is 0. The molecule has 0 bridgehead atoms. The van der Waals surface area contributed by atoms with Crippen LogP contribution in [-0.4, -0.2) is 31.8 Å². The number of para-hydroxylation sites is 1. The fourth-order valence-corrected chi connectivity index (χ4v) is 4.93. The lowest BCUT2D eigenvalue weighted by molar-refractivity contribution is -0.118. The van der Waals surface area contributed by atoms with E-state index in [1.54, 1.807) is 33.3 Å². The molecule has 1 amide bonds. The van der Waals surface area contributed by atoms with E-state index in [9.17, 15) is 9.59 Å². The van der Waals surface area contributed by atoms with Crippen molar-refractivity contribution in [3.63, 3.8) is 0 Å². The molecule has 0 saturated carbocycles. The first kappa shape index (κ1) is 20.0. The number of amides is 1. The van der Waals surface area contributed by atoms with Crippen LogP contribution in [0, 0.1) is 0 Å². The zero-order valence-electron chi connectivity index (χ0n) is 17.2. The van der Waals surface area contributed by atoms with Gasteiger partial charge in [-0.3, -0.25) is 19.1 Å². The second-order valence-electron chi connectivity index (χ2n) is 6.89. The molecule has 0 radical (unpaired) electrons. The van der Waals surface area contributed by atoms with E-state index in [1.165, 1.54) is 4.57 Å². The van der Waals surface area contributed by atoms with E-state index < -0.39 is 0 Å². The van der Waals surface area contributed by atoms with Gasteiger partial charge in [0.2, 0.25) is 11.7 Å². The van der Waals surface area contributed by atoms with Gasteiger partial charge in [-0.05, 0) is 29.8 Å². The molecule has 0 unspecified atom stereocenters. The number of carbonyl (C=O) groups is 1. The van der Waals surface area contributed by atoms with Crippen LogP contribution in [0.15, 0.2) is 47.3 Å². The highest BCUT2D eigenvalue weighted by molar-refractivity contribution is 7.10. The zero-order chi connectivity index (χ0) is 21.4. The van der Waals surface area contributed by atoms with Crippen LogP contribution in [0.2, 0.25) is 0 Å². The van der Waals surface area contributed by atoms with Crippen LogP contribution in [0.5, 0.6) is 17.2 Å². The van der Waals surface area contributed by atoms with E-state index in [1.807, 2.05) is 42.5 Å². The number of hydrogen-bond acceptors (Lipinski definition) is 6. The second-order valence-corrected chi connectivity index (χ2v) is 7.89. The lowest BCUT2D eigenvalue weighted by Crippen LogP contribution is -2.34. The fraction of sp³-hybridized carbons (Fsp3) is 0.273. The van der Waals surface area contributed by atoms with Crippen molar-refractivity contribution < 1.29 is 19.0 Å². The Hall–Kier alpha value is -3.26. The minimum absolute atomic E-state index is 0.0825. The maximum Gasteiger partial charge on any atom is 0.308 e. The van der Waals surface area contributed by atoms with Crippen molar-refractivity contribution in [3.8, 4) is 17.2 Å². The molecule has 30 heavy (non-hydrogen) atoms. The number of fused-ring (bicyclic) bond motifs is 1. The van der Waals surface area contributed by atoms with E-state index >= 15 is 0 Å². The third-order valence-corrected chi connectivity index (χ3v) is 6.40. The third-order valence-electron chi connectivity index (χ3n) is 5.27. The van der Waals surface area contributed by atoms with Gasteiger partial charge >= 0.3 is 4.87 Å². The topological polar surface area (TPSA) is 70.0 Å². The molecule has 0 aliphatic carbocycles. The Morgan fingerprint density at radius 3 is 2.17 bits per heavy atom. The molecule has 3 aromatic rings. The number of methoxy groups -OCH3 is 3. The van der Waals surface area contributed by atoms with Gasteiger partial charge in [-0.2, -0.15) is 0 Å². The number of aromatic nitrogens is 1. The van der Waals surface area contributed by atoms with Crippen molar-refractivity contribution in [2.24, 2.45) is 7.05 Å². The van der Waals surface area contributed by atoms with Crippen LogP contribution in [0.3, 0.4) is 0 Å². The molecule has 0 N–H and O–H groups in total. The number of rotatable bonds is 5. The molecular weight excluding hydrogens is 404 g/mol. The summed E-state index contributed by atoms with van der Waals surface area (Å²) in [6, 6.07) is 13.0. The standard InChI is InChI=1S/C22H22N2O5S/c1-23-21-20(30-22(23)26)15(12-18(25)24(21)14-8-6-5-7-9-14)13-10-16(27-2)19(29-4)17(11-13)28-3/h5-11,15H,12H2,1-4H3/t15-/m1/s1. The van der Waals surface area contributed by atoms with E-state index in [-0.39, 0.29) is 23.1 Å². The highest BCUT2D eigenvalue weighted by Crippen LogP contribution is 2.48. The highest BCUT2D eigenvalue weighted by Gasteiger charge is 2.38. The number of thiazole rings is 1. The van der Waals surface area contributed by atoms with Gasteiger partial charge in [-0.1, -0.05) is 29.5 Å². The Bertz CT molecular complexity index is 1130. The normalized spacial score (nSPS) is 15.7. The zero-order valence-corrected chi connectivity index (χ0v) is 18.0. The van der Waals surface area contributed by atoms with Crippen molar-refractivity contribution in [1.29, 1.82) is 0 Å². The van der Waals surface area contributed by atoms with Gasteiger partial charge in [0, 0.05) is 19.4 Å². The first-order valence-electron chi connectivity index (χ1n) is 9.37. The van der Waals surface area contributed by atoms with Gasteiger partial charge in [0.15, 0.2) is 11.5 Å². The number of hydrogen-bond donors (Lipinski definition) is 0. The summed E-state index contributed by atoms with van der Waals surface area (Å²) < 4.78 is 17.9. The lowest BCUT2D eigenvalue weighted by atomic mass is 9.90. The average Bonchev–Trinajstić information content (AvgIpc) is 3.07. The molecule has 7 nitrogen and oxygen atoms in total. The van der Waals surface area contributed by atoms with Crippen molar-refractivity contribution in [2.45, 2.75) is 12.3 Å². The Balaban J connectivity index is 1.90. The number of ether oxygens (including phenoxy) is 3. The Kier molecular flexibility index (Phi) is 5.26. The van der Waals surface area contributed by atoms with Gasteiger partial charge < -0.3 is 14.2 Å². The molecule has 1 aliphatic heterocycles. The summed E-state index contributed by atoms with van der Waals surface area (Å²) in [4.78, 5) is 28.2. The quantitative estimate of drug-likeness (QED) is 0.623. The van der Waals surface area contributed by atoms with Crippen molar-refractivity contribution in [3.05, 3.63) is 62.6 Å². The third kappa shape index (κ3) is 3.13. The lowest BCUT2D eigenvalue weighted by Gasteiger charge is -2.32. The highest BCUT2D eigenvalue weighted by atomic mass is 32.1. The molecule has 2 aromatic carbocycles. The number of carbonyl (C=O) groups excluding carboxylic acids is 1. The van der Waals surface area contributed by atoms with Crippen molar-refractivity contribution >= 4 is 28.7 Å². The molecular formula is C22H22N2O5S. The molecule has 4 rings (SSSR count). The molecule has 2 heterocycles. The van der Waals surface area contributed by atoms with Gasteiger partial charge in [0.25, 0.3) is 0 Å². The summed E-state index contributed by atoms with van der Waals surface area (Å²) in [6.07, 6.45) is 0.223. The Labute approximate surface area is 178 Å². The summed E-state index contributed by atoms with van der Waals surface area (Å²) in [7, 11) is 6.34. The van der Waals surface area contributed by atoms with Crippen LogP contribution in [-0.2, 0) is 11.8 Å². The Morgan fingerprint density at radius 2 is 1.60 bits per heavy atom. The summed E-state index contributed by atoms with van der Waals surface area (Å²) in [5, 5.41) is 0. The van der Waals surface area contributed by atoms with Crippen LogP contribution in [0.1, 0.15) is 22.8 Å². The first-order valence-corrected chi connectivity index (χ1v) is 10.2. The van der Waals surface area contributed by atoms with Gasteiger partial charge in [0.1, 0.15) is 5.82 Å². The molecule has 8 heteroatoms. The molecule has 0 fully saturated rings. The minimum Gasteiger partial charge on any atom is -0.493 e. The first-order chi connectivity index (χ1) is 14.5. The van der Waals surface area contributed by atoms with Crippen molar-refractivity contribution in [2.75, 3.05) is 26.2 Å². The monoisotopic (exact) mass is 426 g/mol. The number of benzene rings is 2. The summed E-state index contributed by atoms with van der Waals surface area (Å²) in [5.41, 5.74) is 1.56. The maximum atomic E-state index is 13.3. The molecule has 156 valence electrons. The average molecular weight is 426 g/mol. The maximum absolute atomic E-state index is 13.3. The van der Waals surface area contributed by atoms with Gasteiger partial charge in [0.05, 0.1) is 31.9 Å².